The first kappa shape index (κ1) is 29.5. The number of aromatic nitrogens is 1. The molecule has 2 amide bonds. The van der Waals surface area contributed by atoms with Crippen LogP contribution in [-0.4, -0.2) is 66.5 Å². The molecule has 3 aromatic carbocycles. The maximum Gasteiger partial charge on any atom is 0.255 e. The number of amides is 2. The summed E-state index contributed by atoms with van der Waals surface area (Å²) >= 11 is 6.08. The van der Waals surface area contributed by atoms with Crippen LogP contribution in [0, 0.1) is 0 Å². The molecule has 0 spiro atoms. The Morgan fingerprint density at radius 3 is 2.43 bits per heavy atom. The van der Waals surface area contributed by atoms with Gasteiger partial charge in [0.15, 0.2) is 0 Å². The van der Waals surface area contributed by atoms with E-state index in [4.69, 9.17) is 16.7 Å². The molecule has 4 aromatic rings. The fourth-order valence-corrected chi connectivity index (χ4v) is 6.84. The van der Waals surface area contributed by atoms with Gasteiger partial charge >= 0.3 is 0 Å². The van der Waals surface area contributed by atoms with Gasteiger partial charge in [-0.1, -0.05) is 29.8 Å². The number of carbonyl (C=O) groups is 2. The first-order valence-electron chi connectivity index (χ1n) is 13.4. The Kier molecular flexibility index (Phi) is 8.74. The minimum Gasteiger partial charge on any atom is -0.395 e. The zero-order chi connectivity index (χ0) is 29.9. The number of hydrogen-bond acceptors (Lipinski definition) is 6. The van der Waals surface area contributed by atoms with Crippen molar-refractivity contribution in [2.24, 2.45) is 0 Å². The lowest BCUT2D eigenvalue weighted by atomic mass is 10.0. The standard InChI is InChI=1S/C30H29ClN4O6S/c31-23-8-6-22-19-26(13-7-21(22)18-23)42(40,41)35(20-28(37)32-14-17-36)27-4-3-16-34(30(27)39)25-11-9-24(10-12-25)33-15-2-1-5-29(33)38/h1-2,5-13,15,18-19,27,36H,3-4,14,16-17,20H2,(H,32,37). The van der Waals surface area contributed by atoms with Gasteiger partial charge in [-0.3, -0.25) is 19.0 Å². The Labute approximate surface area is 247 Å². The molecule has 2 heterocycles. The summed E-state index contributed by atoms with van der Waals surface area (Å²) < 4.78 is 30.5. The molecule has 1 saturated heterocycles. The van der Waals surface area contributed by atoms with Gasteiger partial charge in [-0.05, 0) is 78.2 Å². The molecule has 1 aliphatic rings. The number of hydrogen-bond donors (Lipinski definition) is 2. The number of benzene rings is 3. The van der Waals surface area contributed by atoms with Gasteiger partial charge < -0.3 is 15.3 Å². The third kappa shape index (κ3) is 6.09. The van der Waals surface area contributed by atoms with Gasteiger partial charge in [0.05, 0.1) is 18.0 Å². The summed E-state index contributed by atoms with van der Waals surface area (Å²) in [6.07, 6.45) is 2.37. The largest absolute Gasteiger partial charge is 0.395 e. The van der Waals surface area contributed by atoms with Gasteiger partial charge in [-0.15, -0.1) is 0 Å². The van der Waals surface area contributed by atoms with Crippen molar-refractivity contribution < 1.29 is 23.1 Å². The summed E-state index contributed by atoms with van der Waals surface area (Å²) in [5, 5.41) is 13.5. The van der Waals surface area contributed by atoms with Gasteiger partial charge in [0.1, 0.15) is 6.04 Å². The molecule has 1 unspecified atom stereocenters. The van der Waals surface area contributed by atoms with Crippen molar-refractivity contribution in [3.8, 4) is 5.69 Å². The molecule has 218 valence electrons. The Morgan fingerprint density at radius 1 is 0.976 bits per heavy atom. The number of nitrogens with zero attached hydrogens (tertiary/aromatic N) is 3. The average molecular weight is 609 g/mol. The lowest BCUT2D eigenvalue weighted by Gasteiger charge is -2.37. The van der Waals surface area contributed by atoms with Crippen LogP contribution in [0.5, 0.6) is 0 Å². The quantitative estimate of drug-likeness (QED) is 0.301. The summed E-state index contributed by atoms with van der Waals surface area (Å²) in [6, 6.07) is 20.2. The van der Waals surface area contributed by atoms with Crippen LogP contribution in [0.1, 0.15) is 12.8 Å². The second-order valence-corrected chi connectivity index (χ2v) is 12.2. The molecular formula is C30H29ClN4O6S. The van der Waals surface area contributed by atoms with Crippen molar-refractivity contribution in [2.45, 2.75) is 23.8 Å². The van der Waals surface area contributed by atoms with Crippen LogP contribution in [0.25, 0.3) is 16.5 Å². The second kappa shape index (κ2) is 12.5. The van der Waals surface area contributed by atoms with Gasteiger partial charge in [0.25, 0.3) is 5.56 Å². The van der Waals surface area contributed by atoms with Gasteiger partial charge in [-0.25, -0.2) is 8.42 Å². The molecule has 0 saturated carbocycles. The summed E-state index contributed by atoms with van der Waals surface area (Å²) in [4.78, 5) is 40.3. The number of pyridine rings is 1. The molecule has 0 radical (unpaired) electrons. The maximum absolute atomic E-state index is 14.0. The number of anilines is 1. The number of aliphatic hydroxyl groups excluding tert-OH is 1. The van der Waals surface area contributed by atoms with Gasteiger partial charge in [0.2, 0.25) is 21.8 Å². The molecule has 0 aliphatic carbocycles. The third-order valence-corrected chi connectivity index (χ3v) is 9.22. The summed E-state index contributed by atoms with van der Waals surface area (Å²) in [5.74, 6) is -1.10. The molecular weight excluding hydrogens is 580 g/mol. The zero-order valence-electron chi connectivity index (χ0n) is 22.5. The molecule has 0 bridgehead atoms. The second-order valence-electron chi connectivity index (χ2n) is 9.85. The van der Waals surface area contributed by atoms with Crippen LogP contribution in [0.15, 0.2) is 94.7 Å². The van der Waals surface area contributed by atoms with Crippen LogP contribution in [0.2, 0.25) is 5.02 Å². The van der Waals surface area contributed by atoms with E-state index in [1.165, 1.54) is 27.7 Å². The van der Waals surface area contributed by atoms with E-state index in [0.29, 0.717) is 34.7 Å². The summed E-state index contributed by atoms with van der Waals surface area (Å²) in [7, 11) is -4.32. The minimum absolute atomic E-state index is 0.0506. The minimum atomic E-state index is -4.32. The Balaban J connectivity index is 1.47. The number of nitrogens with one attached hydrogen (secondary N) is 1. The smallest absolute Gasteiger partial charge is 0.255 e. The Bertz CT molecular complexity index is 1790. The first-order chi connectivity index (χ1) is 20.2. The number of halogens is 1. The van der Waals surface area contributed by atoms with Crippen LogP contribution >= 0.6 is 11.6 Å². The zero-order valence-corrected chi connectivity index (χ0v) is 24.1. The highest BCUT2D eigenvalue weighted by Gasteiger charge is 2.41. The molecule has 12 heteroatoms. The SMILES string of the molecule is O=C(CN(C1CCCN(c2ccc(-n3ccccc3=O)cc2)C1=O)S(=O)(=O)c1ccc2cc(Cl)ccc2c1)NCCO. The van der Waals surface area contributed by atoms with Crippen molar-refractivity contribution >= 4 is 49.9 Å². The molecule has 5 rings (SSSR count). The van der Waals surface area contributed by atoms with E-state index in [9.17, 15) is 22.8 Å². The summed E-state index contributed by atoms with van der Waals surface area (Å²) in [5.41, 5.74) is 0.964. The highest BCUT2D eigenvalue weighted by Crippen LogP contribution is 2.30. The molecule has 1 aliphatic heterocycles. The normalized spacial score (nSPS) is 15.7. The van der Waals surface area contributed by atoms with Crippen LogP contribution in [-0.2, 0) is 19.6 Å². The monoisotopic (exact) mass is 608 g/mol. The topological polar surface area (TPSA) is 129 Å². The van der Waals surface area contributed by atoms with E-state index in [-0.39, 0.29) is 30.0 Å². The highest BCUT2D eigenvalue weighted by atomic mass is 35.5. The lowest BCUT2D eigenvalue weighted by molar-refractivity contribution is -0.125. The third-order valence-electron chi connectivity index (χ3n) is 7.13. The van der Waals surface area contributed by atoms with Crippen LogP contribution in [0.4, 0.5) is 5.69 Å². The number of rotatable bonds is 9. The molecule has 42 heavy (non-hydrogen) atoms. The fourth-order valence-electron chi connectivity index (χ4n) is 5.06. The Hall–Kier alpha value is -4.03. The van der Waals surface area contributed by atoms with Crippen molar-refractivity contribution in [1.29, 1.82) is 0 Å². The molecule has 1 aromatic heterocycles. The first-order valence-corrected chi connectivity index (χ1v) is 15.2. The van der Waals surface area contributed by atoms with E-state index in [2.05, 4.69) is 5.32 Å². The van der Waals surface area contributed by atoms with Crippen molar-refractivity contribution in [3.63, 3.8) is 0 Å². The van der Waals surface area contributed by atoms with Crippen molar-refractivity contribution in [2.75, 3.05) is 31.1 Å². The van der Waals surface area contributed by atoms with Crippen LogP contribution < -0.4 is 15.8 Å². The van der Waals surface area contributed by atoms with E-state index < -0.39 is 34.4 Å². The molecule has 1 atom stereocenters. The Morgan fingerprint density at radius 2 is 1.69 bits per heavy atom. The predicted molar refractivity (Wildman–Crippen MR) is 160 cm³/mol. The van der Waals surface area contributed by atoms with Crippen molar-refractivity contribution in [3.05, 3.63) is 100 Å². The number of piperidine rings is 1. The van der Waals surface area contributed by atoms with Gasteiger partial charge in [-0.2, -0.15) is 4.31 Å². The van der Waals surface area contributed by atoms with Gasteiger partial charge in [0, 0.05) is 41.8 Å². The number of aliphatic hydroxyl groups is 1. The predicted octanol–water partition coefficient (Wildman–Crippen LogP) is 2.94. The van der Waals surface area contributed by atoms with Crippen LogP contribution in [0.3, 0.4) is 0 Å². The number of fused-ring (bicyclic) bond motifs is 1. The number of carbonyl (C=O) groups excluding carboxylic acids is 2. The van der Waals surface area contributed by atoms with E-state index in [1.807, 2.05) is 0 Å². The lowest BCUT2D eigenvalue weighted by Crippen LogP contribution is -2.56. The fraction of sp³-hybridized carbons (Fsp3) is 0.233. The van der Waals surface area contributed by atoms with Crippen molar-refractivity contribution in [1.82, 2.24) is 14.2 Å². The van der Waals surface area contributed by atoms with E-state index in [1.54, 1.807) is 66.9 Å². The van der Waals surface area contributed by atoms with E-state index >= 15 is 0 Å². The maximum atomic E-state index is 14.0. The van der Waals surface area contributed by atoms with E-state index in [0.717, 1.165) is 9.69 Å². The summed E-state index contributed by atoms with van der Waals surface area (Å²) in [6.45, 7) is -0.597. The average Bonchev–Trinajstić information content (AvgIpc) is 2.99. The molecule has 2 N–H and O–H groups in total. The highest BCUT2D eigenvalue weighted by molar-refractivity contribution is 7.89. The number of sulfonamides is 1. The molecule has 10 nitrogen and oxygen atoms in total. The molecule has 1 fully saturated rings.